The summed E-state index contributed by atoms with van der Waals surface area (Å²) in [6.07, 6.45) is 2.30. The molecule has 1 aliphatic rings. The summed E-state index contributed by atoms with van der Waals surface area (Å²) >= 11 is 1.56. The van der Waals surface area contributed by atoms with E-state index in [2.05, 4.69) is 23.5 Å². The van der Waals surface area contributed by atoms with E-state index in [1.807, 2.05) is 54.6 Å². The number of piperidine rings is 1. The Morgan fingerprint density at radius 1 is 1.02 bits per heavy atom. The SMILES string of the molecule is COc1ccc(SN(CC(C)C)C[C@@H](O)[C@H](Cc2ccccc2)NC(=O)[C@H](C)CS(=O)(=O)N2CCCCC2)cc1. The number of benzene rings is 2. The van der Waals surface area contributed by atoms with Gasteiger partial charge in [0.2, 0.25) is 15.9 Å². The molecule has 1 heterocycles. The number of nitrogens with zero attached hydrogens (tertiary/aromatic N) is 2. The van der Waals surface area contributed by atoms with Crippen LogP contribution in [0.15, 0.2) is 59.5 Å². The summed E-state index contributed by atoms with van der Waals surface area (Å²) in [5, 5.41) is 14.5. The Morgan fingerprint density at radius 3 is 2.27 bits per heavy atom. The zero-order valence-corrected chi connectivity index (χ0v) is 25.8. The smallest absolute Gasteiger partial charge is 0.224 e. The molecule has 222 valence electrons. The number of aliphatic hydroxyl groups is 1. The molecule has 0 saturated carbocycles. The number of aliphatic hydroxyl groups excluding tert-OH is 1. The highest BCUT2D eigenvalue weighted by atomic mass is 32.2. The van der Waals surface area contributed by atoms with Crippen LogP contribution in [0.3, 0.4) is 0 Å². The minimum Gasteiger partial charge on any atom is -0.497 e. The second kappa shape index (κ2) is 15.8. The fourth-order valence-electron chi connectivity index (χ4n) is 4.79. The quantitative estimate of drug-likeness (QED) is 0.300. The van der Waals surface area contributed by atoms with Crippen molar-refractivity contribution >= 4 is 27.9 Å². The maximum Gasteiger partial charge on any atom is 0.224 e. The molecular weight excluding hydrogens is 546 g/mol. The molecule has 0 aliphatic carbocycles. The van der Waals surface area contributed by atoms with E-state index in [0.29, 0.717) is 32.0 Å². The van der Waals surface area contributed by atoms with E-state index < -0.39 is 28.1 Å². The van der Waals surface area contributed by atoms with Crippen LogP contribution >= 0.6 is 11.9 Å². The number of ether oxygens (including phenoxy) is 1. The first-order valence-electron chi connectivity index (χ1n) is 14.1. The molecule has 0 unspecified atom stereocenters. The van der Waals surface area contributed by atoms with Crippen LogP contribution in [-0.2, 0) is 21.2 Å². The highest BCUT2D eigenvalue weighted by Gasteiger charge is 2.31. The Kier molecular flexibility index (Phi) is 12.8. The van der Waals surface area contributed by atoms with E-state index in [-0.39, 0.29) is 11.7 Å². The Labute approximate surface area is 244 Å². The van der Waals surface area contributed by atoms with Crippen LogP contribution < -0.4 is 10.1 Å². The predicted octanol–water partition coefficient (Wildman–Crippen LogP) is 4.20. The fourth-order valence-corrected chi connectivity index (χ4v) is 7.76. The lowest BCUT2D eigenvalue weighted by Crippen LogP contribution is -2.51. The van der Waals surface area contributed by atoms with Gasteiger partial charge >= 0.3 is 0 Å². The number of sulfonamides is 1. The molecule has 40 heavy (non-hydrogen) atoms. The van der Waals surface area contributed by atoms with Crippen molar-refractivity contribution in [3.8, 4) is 5.75 Å². The van der Waals surface area contributed by atoms with Gasteiger partial charge in [-0.2, -0.15) is 0 Å². The van der Waals surface area contributed by atoms with Gasteiger partial charge in [0.15, 0.2) is 0 Å². The number of rotatable bonds is 15. The minimum absolute atomic E-state index is 0.236. The lowest BCUT2D eigenvalue weighted by atomic mass is 10.00. The first-order chi connectivity index (χ1) is 19.1. The Morgan fingerprint density at radius 2 is 1.68 bits per heavy atom. The van der Waals surface area contributed by atoms with Gasteiger partial charge in [-0.25, -0.2) is 17.0 Å². The molecule has 0 bridgehead atoms. The number of hydrogen-bond acceptors (Lipinski definition) is 7. The summed E-state index contributed by atoms with van der Waals surface area (Å²) < 4.78 is 34.8. The molecule has 2 aromatic carbocycles. The third-order valence-corrected chi connectivity index (χ3v) is 10.1. The fraction of sp³-hybridized carbons (Fsp3) is 0.567. The lowest BCUT2D eigenvalue weighted by molar-refractivity contribution is -0.125. The van der Waals surface area contributed by atoms with Gasteiger partial charge in [0, 0.05) is 31.1 Å². The third-order valence-electron chi connectivity index (χ3n) is 6.96. The zero-order chi connectivity index (χ0) is 29.1. The normalized spacial score (nSPS) is 17.0. The minimum atomic E-state index is -3.53. The Hall–Kier alpha value is -2.11. The van der Waals surface area contributed by atoms with Crippen LogP contribution in [-0.4, -0.2) is 79.2 Å². The molecule has 2 N–H and O–H groups in total. The van der Waals surface area contributed by atoms with Gasteiger partial charge in [-0.1, -0.05) is 57.5 Å². The molecule has 0 spiro atoms. The van der Waals surface area contributed by atoms with Gasteiger partial charge in [-0.05, 0) is 67.0 Å². The van der Waals surface area contributed by atoms with Crippen LogP contribution in [0.5, 0.6) is 5.75 Å². The summed E-state index contributed by atoms with van der Waals surface area (Å²) in [7, 11) is -1.89. The highest BCUT2D eigenvalue weighted by Crippen LogP contribution is 2.27. The van der Waals surface area contributed by atoms with E-state index in [4.69, 9.17) is 4.74 Å². The van der Waals surface area contributed by atoms with Crippen molar-refractivity contribution in [3.63, 3.8) is 0 Å². The van der Waals surface area contributed by atoms with Gasteiger partial charge in [-0.15, -0.1) is 0 Å². The number of methoxy groups -OCH3 is 1. The van der Waals surface area contributed by atoms with Crippen molar-refractivity contribution in [1.82, 2.24) is 13.9 Å². The van der Waals surface area contributed by atoms with Crippen LogP contribution in [0.25, 0.3) is 0 Å². The zero-order valence-electron chi connectivity index (χ0n) is 24.2. The maximum absolute atomic E-state index is 13.3. The maximum atomic E-state index is 13.3. The average molecular weight is 592 g/mol. The molecule has 1 aliphatic heterocycles. The van der Waals surface area contributed by atoms with Crippen molar-refractivity contribution in [2.24, 2.45) is 11.8 Å². The van der Waals surface area contributed by atoms with Crippen LogP contribution in [0, 0.1) is 11.8 Å². The van der Waals surface area contributed by atoms with Crippen LogP contribution in [0.4, 0.5) is 0 Å². The highest BCUT2D eigenvalue weighted by molar-refractivity contribution is 7.97. The van der Waals surface area contributed by atoms with Crippen molar-refractivity contribution in [2.75, 3.05) is 39.0 Å². The first kappa shape index (κ1) is 32.4. The standard InChI is InChI=1S/C30H45N3O5S2/c1-23(2)20-32(39-27-15-13-26(38-4)14-16-27)21-29(34)28(19-25-11-7-5-8-12-25)31-30(35)24(3)22-40(36,37)33-17-9-6-10-18-33/h5,7-8,11-16,23-24,28-29,34H,6,9-10,17-22H2,1-4H3,(H,31,35)/t24-,28+,29-/m1/s1. The number of hydrogen-bond donors (Lipinski definition) is 2. The van der Waals surface area contributed by atoms with Crippen molar-refractivity contribution in [1.29, 1.82) is 0 Å². The monoisotopic (exact) mass is 591 g/mol. The van der Waals surface area contributed by atoms with E-state index in [0.717, 1.165) is 42.0 Å². The summed E-state index contributed by atoms with van der Waals surface area (Å²) in [5.41, 5.74) is 0.985. The van der Waals surface area contributed by atoms with Gasteiger partial charge in [0.25, 0.3) is 0 Å². The van der Waals surface area contributed by atoms with Gasteiger partial charge in [0.05, 0.1) is 30.9 Å². The van der Waals surface area contributed by atoms with Crippen LogP contribution in [0.2, 0.25) is 0 Å². The first-order valence-corrected chi connectivity index (χ1v) is 16.5. The Bertz CT molecular complexity index is 1140. The molecule has 1 saturated heterocycles. The molecule has 0 aromatic heterocycles. The van der Waals surface area contributed by atoms with E-state index in [9.17, 15) is 18.3 Å². The summed E-state index contributed by atoms with van der Waals surface area (Å²) in [6.45, 7) is 8.00. The third kappa shape index (κ3) is 10.4. The van der Waals surface area contributed by atoms with Gasteiger partial charge in [0.1, 0.15) is 5.75 Å². The number of nitrogens with one attached hydrogen (secondary N) is 1. The molecule has 3 rings (SSSR count). The molecule has 1 amide bonds. The predicted molar refractivity (Wildman–Crippen MR) is 162 cm³/mol. The molecule has 2 aromatic rings. The summed E-state index contributed by atoms with van der Waals surface area (Å²) in [6, 6.07) is 16.9. The Balaban J connectivity index is 1.72. The summed E-state index contributed by atoms with van der Waals surface area (Å²) in [5.74, 6) is -0.196. The van der Waals surface area contributed by atoms with E-state index >= 15 is 0 Å². The molecule has 10 heteroatoms. The topological polar surface area (TPSA) is 99.2 Å². The average Bonchev–Trinajstić information content (AvgIpc) is 2.93. The molecular formula is C30H45N3O5S2. The number of carbonyl (C=O) groups is 1. The number of carbonyl (C=O) groups excluding carboxylic acids is 1. The number of amides is 1. The van der Waals surface area contributed by atoms with Crippen LogP contribution in [0.1, 0.15) is 45.6 Å². The molecule has 3 atom stereocenters. The van der Waals surface area contributed by atoms with E-state index in [1.165, 1.54) is 4.31 Å². The van der Waals surface area contributed by atoms with Crippen molar-refractivity contribution < 1.29 is 23.1 Å². The second-order valence-electron chi connectivity index (χ2n) is 11.0. The van der Waals surface area contributed by atoms with Crippen molar-refractivity contribution in [3.05, 3.63) is 60.2 Å². The molecule has 1 fully saturated rings. The van der Waals surface area contributed by atoms with Gasteiger partial charge < -0.3 is 15.2 Å². The van der Waals surface area contributed by atoms with Gasteiger partial charge in [-0.3, -0.25) is 4.79 Å². The van der Waals surface area contributed by atoms with Crippen molar-refractivity contribution in [2.45, 2.75) is 63.5 Å². The molecule has 8 nitrogen and oxygen atoms in total. The second-order valence-corrected chi connectivity index (χ2v) is 14.2. The largest absolute Gasteiger partial charge is 0.497 e. The molecule has 0 radical (unpaired) electrons. The summed E-state index contributed by atoms with van der Waals surface area (Å²) in [4.78, 5) is 14.3. The van der Waals surface area contributed by atoms with E-state index in [1.54, 1.807) is 26.0 Å². The lowest BCUT2D eigenvalue weighted by Gasteiger charge is -2.31.